The summed E-state index contributed by atoms with van der Waals surface area (Å²) >= 11 is 0. The van der Waals surface area contributed by atoms with Crippen molar-refractivity contribution in [2.45, 2.75) is 31.8 Å². The monoisotopic (exact) mass is 207 g/mol. The van der Waals surface area contributed by atoms with E-state index in [-0.39, 0.29) is 18.7 Å². The topological polar surface area (TPSA) is 52.5 Å². The number of aromatic hydroxyl groups is 1. The molecule has 0 bridgehead atoms. The summed E-state index contributed by atoms with van der Waals surface area (Å²) in [5, 5.41) is 22.0. The molecule has 0 amide bonds. The van der Waals surface area contributed by atoms with Gasteiger partial charge >= 0.3 is 0 Å². The van der Waals surface area contributed by atoms with Crippen LogP contribution in [0, 0.1) is 0 Å². The molecule has 0 heterocycles. The average molecular weight is 207 g/mol. The van der Waals surface area contributed by atoms with Crippen molar-refractivity contribution in [3.63, 3.8) is 0 Å². The van der Waals surface area contributed by atoms with Gasteiger partial charge in [0.2, 0.25) is 0 Å². The van der Waals surface area contributed by atoms with Gasteiger partial charge in [-0.05, 0) is 37.0 Å². The first kappa shape index (κ1) is 10.5. The van der Waals surface area contributed by atoms with Crippen LogP contribution in [0.5, 0.6) is 5.75 Å². The van der Waals surface area contributed by atoms with Crippen LogP contribution in [0.2, 0.25) is 0 Å². The van der Waals surface area contributed by atoms with E-state index in [1.807, 2.05) is 19.1 Å². The molecular weight excluding hydrogens is 190 g/mol. The van der Waals surface area contributed by atoms with Gasteiger partial charge in [-0.3, -0.25) is 0 Å². The minimum absolute atomic E-state index is 0.100. The lowest BCUT2D eigenvalue weighted by molar-refractivity contribution is 0.240. The number of phenols is 1. The molecule has 0 aliphatic heterocycles. The number of aliphatic hydroxyl groups excluding tert-OH is 1. The third kappa shape index (κ3) is 1.98. The standard InChI is InChI=1S/C12H17NO2/c1-8(7-14)13-11-6-5-10-9(11)3-2-4-12(10)15/h2-4,8,11,13-15H,5-7H2,1H3/t8-,11?/m1/s1. The lowest BCUT2D eigenvalue weighted by Gasteiger charge is -2.18. The number of benzene rings is 1. The maximum Gasteiger partial charge on any atom is 0.119 e. The van der Waals surface area contributed by atoms with Crippen LogP contribution in [-0.2, 0) is 6.42 Å². The van der Waals surface area contributed by atoms with E-state index in [1.165, 1.54) is 5.56 Å². The molecule has 0 spiro atoms. The Balaban J connectivity index is 2.18. The second kappa shape index (κ2) is 4.21. The molecule has 1 aliphatic rings. The van der Waals surface area contributed by atoms with Crippen LogP contribution in [-0.4, -0.2) is 22.9 Å². The van der Waals surface area contributed by atoms with E-state index in [1.54, 1.807) is 6.07 Å². The Hall–Kier alpha value is -1.06. The van der Waals surface area contributed by atoms with Crippen molar-refractivity contribution in [3.05, 3.63) is 29.3 Å². The number of rotatable bonds is 3. The van der Waals surface area contributed by atoms with Crippen LogP contribution in [0.15, 0.2) is 18.2 Å². The van der Waals surface area contributed by atoms with Crippen LogP contribution in [0.1, 0.15) is 30.5 Å². The molecule has 1 unspecified atom stereocenters. The molecule has 3 heteroatoms. The molecule has 0 saturated heterocycles. The number of nitrogens with one attached hydrogen (secondary N) is 1. The molecule has 1 aliphatic carbocycles. The fourth-order valence-corrected chi connectivity index (χ4v) is 2.20. The zero-order valence-electron chi connectivity index (χ0n) is 8.90. The summed E-state index contributed by atoms with van der Waals surface area (Å²) in [6.07, 6.45) is 1.91. The largest absolute Gasteiger partial charge is 0.508 e. The van der Waals surface area contributed by atoms with Gasteiger partial charge in [-0.1, -0.05) is 12.1 Å². The van der Waals surface area contributed by atoms with Gasteiger partial charge in [0.25, 0.3) is 0 Å². The molecule has 3 N–H and O–H groups in total. The number of fused-ring (bicyclic) bond motifs is 1. The van der Waals surface area contributed by atoms with Gasteiger partial charge in [0.05, 0.1) is 6.61 Å². The van der Waals surface area contributed by atoms with Gasteiger partial charge in [-0.25, -0.2) is 0 Å². The molecule has 2 rings (SSSR count). The molecule has 1 aromatic carbocycles. The number of hydrogen-bond donors (Lipinski definition) is 3. The summed E-state index contributed by atoms with van der Waals surface area (Å²) in [4.78, 5) is 0. The van der Waals surface area contributed by atoms with Crippen molar-refractivity contribution >= 4 is 0 Å². The zero-order valence-corrected chi connectivity index (χ0v) is 8.90. The maximum atomic E-state index is 9.66. The van der Waals surface area contributed by atoms with E-state index < -0.39 is 0 Å². The average Bonchev–Trinajstić information content (AvgIpc) is 2.63. The highest BCUT2D eigenvalue weighted by Gasteiger charge is 2.25. The van der Waals surface area contributed by atoms with Crippen molar-refractivity contribution in [1.29, 1.82) is 0 Å². The van der Waals surface area contributed by atoms with Crippen molar-refractivity contribution in [2.24, 2.45) is 0 Å². The fraction of sp³-hybridized carbons (Fsp3) is 0.500. The summed E-state index contributed by atoms with van der Waals surface area (Å²) < 4.78 is 0. The summed E-state index contributed by atoms with van der Waals surface area (Å²) in [6.45, 7) is 2.10. The Kier molecular flexibility index (Phi) is 2.93. The molecule has 1 aromatic rings. The normalized spacial score (nSPS) is 21.3. The summed E-state index contributed by atoms with van der Waals surface area (Å²) in [7, 11) is 0. The first-order chi connectivity index (χ1) is 7.22. The quantitative estimate of drug-likeness (QED) is 0.701. The Morgan fingerprint density at radius 1 is 1.53 bits per heavy atom. The second-order valence-corrected chi connectivity index (χ2v) is 4.19. The summed E-state index contributed by atoms with van der Waals surface area (Å²) in [5.41, 5.74) is 2.23. The number of phenolic OH excluding ortho intramolecular Hbond substituents is 1. The van der Waals surface area contributed by atoms with E-state index in [0.717, 1.165) is 18.4 Å². The molecule has 0 radical (unpaired) electrons. The third-order valence-corrected chi connectivity index (χ3v) is 3.01. The maximum absolute atomic E-state index is 9.66. The first-order valence-electron chi connectivity index (χ1n) is 5.40. The van der Waals surface area contributed by atoms with Crippen molar-refractivity contribution < 1.29 is 10.2 Å². The number of hydrogen-bond acceptors (Lipinski definition) is 3. The van der Waals surface area contributed by atoms with Crippen molar-refractivity contribution in [2.75, 3.05) is 6.61 Å². The van der Waals surface area contributed by atoms with Crippen LogP contribution in [0.25, 0.3) is 0 Å². The minimum Gasteiger partial charge on any atom is -0.508 e. The second-order valence-electron chi connectivity index (χ2n) is 4.19. The zero-order chi connectivity index (χ0) is 10.8. The first-order valence-corrected chi connectivity index (χ1v) is 5.40. The van der Waals surface area contributed by atoms with Crippen molar-refractivity contribution in [3.8, 4) is 5.75 Å². The van der Waals surface area contributed by atoms with Gasteiger partial charge in [0, 0.05) is 12.1 Å². The molecule has 2 atom stereocenters. The molecular formula is C12H17NO2. The summed E-state index contributed by atoms with van der Waals surface area (Å²) in [5.74, 6) is 0.397. The third-order valence-electron chi connectivity index (χ3n) is 3.01. The molecule has 82 valence electrons. The van der Waals surface area contributed by atoms with Crippen LogP contribution < -0.4 is 5.32 Å². The predicted molar refractivity (Wildman–Crippen MR) is 58.9 cm³/mol. The lowest BCUT2D eigenvalue weighted by Crippen LogP contribution is -2.32. The molecule has 15 heavy (non-hydrogen) atoms. The van der Waals surface area contributed by atoms with E-state index >= 15 is 0 Å². The Morgan fingerprint density at radius 2 is 2.33 bits per heavy atom. The van der Waals surface area contributed by atoms with E-state index in [9.17, 15) is 5.11 Å². The van der Waals surface area contributed by atoms with Crippen LogP contribution >= 0.6 is 0 Å². The van der Waals surface area contributed by atoms with Gasteiger partial charge in [0.1, 0.15) is 5.75 Å². The van der Waals surface area contributed by atoms with Crippen LogP contribution in [0.4, 0.5) is 0 Å². The Labute approximate surface area is 89.8 Å². The van der Waals surface area contributed by atoms with E-state index in [2.05, 4.69) is 5.32 Å². The smallest absolute Gasteiger partial charge is 0.119 e. The minimum atomic E-state index is 0.100. The molecule has 0 saturated carbocycles. The fourth-order valence-electron chi connectivity index (χ4n) is 2.20. The van der Waals surface area contributed by atoms with Crippen LogP contribution in [0.3, 0.4) is 0 Å². The Bertz CT molecular complexity index is 351. The van der Waals surface area contributed by atoms with E-state index in [4.69, 9.17) is 5.11 Å². The lowest BCUT2D eigenvalue weighted by atomic mass is 10.1. The van der Waals surface area contributed by atoms with Gasteiger partial charge < -0.3 is 15.5 Å². The predicted octanol–water partition coefficient (Wildman–Crippen LogP) is 1.35. The van der Waals surface area contributed by atoms with Crippen molar-refractivity contribution in [1.82, 2.24) is 5.32 Å². The molecule has 0 fully saturated rings. The SMILES string of the molecule is C[C@H](CO)NC1CCc2c(O)cccc21. The van der Waals surface area contributed by atoms with Gasteiger partial charge in [-0.15, -0.1) is 0 Å². The summed E-state index contributed by atoms with van der Waals surface area (Å²) in [6, 6.07) is 6.02. The molecule has 0 aromatic heterocycles. The highest BCUT2D eigenvalue weighted by atomic mass is 16.3. The van der Waals surface area contributed by atoms with Gasteiger partial charge in [0.15, 0.2) is 0 Å². The highest BCUT2D eigenvalue weighted by Crippen LogP contribution is 2.36. The molecule has 3 nitrogen and oxygen atoms in total. The van der Waals surface area contributed by atoms with E-state index in [0.29, 0.717) is 5.75 Å². The highest BCUT2D eigenvalue weighted by molar-refractivity contribution is 5.44. The number of aliphatic hydroxyl groups is 1. The van der Waals surface area contributed by atoms with Gasteiger partial charge in [-0.2, -0.15) is 0 Å². The Morgan fingerprint density at radius 3 is 3.07 bits per heavy atom.